The lowest BCUT2D eigenvalue weighted by Crippen LogP contribution is -2.02. The number of para-hydroxylation sites is 1. The summed E-state index contributed by atoms with van der Waals surface area (Å²) in [7, 11) is 0. The number of aromatic nitrogens is 1. The molecule has 0 aliphatic rings. The number of hydrogen-bond acceptors (Lipinski definition) is 4. The normalized spacial score (nSPS) is 10.5. The van der Waals surface area contributed by atoms with Crippen LogP contribution < -0.4 is 9.47 Å². The van der Waals surface area contributed by atoms with E-state index in [1.165, 1.54) is 0 Å². The number of hydrogen-bond donors (Lipinski definition) is 0. The van der Waals surface area contributed by atoms with Gasteiger partial charge in [0.1, 0.15) is 6.61 Å². The first-order valence-electron chi connectivity index (χ1n) is 6.09. The van der Waals surface area contributed by atoms with Gasteiger partial charge in [0.25, 0.3) is 0 Å². The molecule has 0 unspecified atom stereocenters. The van der Waals surface area contributed by atoms with Crippen LogP contribution in [0.1, 0.15) is 23.2 Å². The Morgan fingerprint density at radius 2 is 2.16 bits per heavy atom. The molecule has 0 N–H and O–H groups in total. The quantitative estimate of drug-likeness (QED) is 0.733. The number of thiazole rings is 1. The smallest absolute Gasteiger partial charge is 0.165 e. The fourth-order valence-electron chi connectivity index (χ4n) is 1.72. The van der Waals surface area contributed by atoms with Crippen LogP contribution >= 0.6 is 27.3 Å². The molecule has 0 saturated heterocycles. The lowest BCUT2D eigenvalue weighted by atomic mass is 10.2. The SMILES string of the molecule is CCOc1cccc(CBr)c1OCc1csc(C)n1. The van der Waals surface area contributed by atoms with E-state index in [0.717, 1.165) is 33.1 Å². The van der Waals surface area contributed by atoms with Gasteiger partial charge in [0.2, 0.25) is 0 Å². The predicted octanol–water partition coefficient (Wildman–Crippen LogP) is 4.32. The minimum atomic E-state index is 0.467. The topological polar surface area (TPSA) is 31.4 Å². The highest BCUT2D eigenvalue weighted by Crippen LogP contribution is 2.33. The number of nitrogens with zero attached hydrogens (tertiary/aromatic N) is 1. The average Bonchev–Trinajstić information content (AvgIpc) is 2.83. The Hall–Kier alpha value is -1.07. The maximum absolute atomic E-state index is 5.90. The van der Waals surface area contributed by atoms with Crippen molar-refractivity contribution in [3.05, 3.63) is 39.8 Å². The van der Waals surface area contributed by atoms with Gasteiger partial charge in [-0.2, -0.15) is 0 Å². The molecule has 1 aromatic carbocycles. The molecule has 0 radical (unpaired) electrons. The van der Waals surface area contributed by atoms with Gasteiger partial charge < -0.3 is 9.47 Å². The Morgan fingerprint density at radius 1 is 1.32 bits per heavy atom. The van der Waals surface area contributed by atoms with Crippen LogP contribution in [0.15, 0.2) is 23.6 Å². The van der Waals surface area contributed by atoms with E-state index in [9.17, 15) is 0 Å². The summed E-state index contributed by atoms with van der Waals surface area (Å²) >= 11 is 5.11. The lowest BCUT2D eigenvalue weighted by molar-refractivity contribution is 0.265. The summed E-state index contributed by atoms with van der Waals surface area (Å²) in [6.07, 6.45) is 0. The third-order valence-electron chi connectivity index (χ3n) is 2.54. The minimum absolute atomic E-state index is 0.467. The summed E-state index contributed by atoms with van der Waals surface area (Å²) in [6, 6.07) is 5.93. The summed E-state index contributed by atoms with van der Waals surface area (Å²) in [6.45, 7) is 5.05. The van der Waals surface area contributed by atoms with Crippen LogP contribution in [0.3, 0.4) is 0 Å². The highest BCUT2D eigenvalue weighted by Gasteiger charge is 2.11. The molecular weight excluding hydrogens is 326 g/mol. The second-order valence-corrected chi connectivity index (χ2v) is 5.58. The highest BCUT2D eigenvalue weighted by atomic mass is 79.9. The van der Waals surface area contributed by atoms with E-state index in [-0.39, 0.29) is 0 Å². The van der Waals surface area contributed by atoms with Crippen LogP contribution in [0.4, 0.5) is 0 Å². The number of ether oxygens (including phenoxy) is 2. The molecule has 0 spiro atoms. The van der Waals surface area contributed by atoms with Gasteiger partial charge in [-0.15, -0.1) is 11.3 Å². The molecule has 2 rings (SSSR count). The highest BCUT2D eigenvalue weighted by molar-refractivity contribution is 9.08. The van der Waals surface area contributed by atoms with Gasteiger partial charge in [-0.1, -0.05) is 28.1 Å². The molecule has 19 heavy (non-hydrogen) atoms. The van der Waals surface area contributed by atoms with E-state index >= 15 is 0 Å². The zero-order valence-corrected chi connectivity index (χ0v) is 13.4. The molecule has 0 atom stereocenters. The molecule has 2 aromatic rings. The predicted molar refractivity (Wildman–Crippen MR) is 81.4 cm³/mol. The Balaban J connectivity index is 2.17. The third-order valence-corrected chi connectivity index (χ3v) is 3.96. The number of rotatable bonds is 6. The molecule has 102 valence electrons. The van der Waals surface area contributed by atoms with E-state index in [0.29, 0.717) is 13.2 Å². The molecule has 0 amide bonds. The number of alkyl halides is 1. The van der Waals surface area contributed by atoms with Gasteiger partial charge in [-0.3, -0.25) is 0 Å². The van der Waals surface area contributed by atoms with Crippen LogP contribution in [-0.2, 0) is 11.9 Å². The number of halogens is 1. The average molecular weight is 342 g/mol. The summed E-state index contributed by atoms with van der Waals surface area (Å²) in [5.74, 6) is 1.58. The molecule has 0 fully saturated rings. The van der Waals surface area contributed by atoms with Crippen molar-refractivity contribution in [3.63, 3.8) is 0 Å². The van der Waals surface area contributed by atoms with Crippen LogP contribution in [0, 0.1) is 6.92 Å². The van der Waals surface area contributed by atoms with E-state index in [1.54, 1.807) is 11.3 Å². The summed E-state index contributed by atoms with van der Waals surface area (Å²) in [4.78, 5) is 4.40. The molecule has 3 nitrogen and oxygen atoms in total. The molecular formula is C14H16BrNO2S. The minimum Gasteiger partial charge on any atom is -0.490 e. The van der Waals surface area contributed by atoms with Crippen molar-refractivity contribution >= 4 is 27.3 Å². The van der Waals surface area contributed by atoms with E-state index in [2.05, 4.69) is 20.9 Å². The van der Waals surface area contributed by atoms with Crippen molar-refractivity contribution in [1.29, 1.82) is 0 Å². The Kier molecular flexibility index (Phi) is 5.22. The number of benzene rings is 1. The molecule has 0 bridgehead atoms. The van der Waals surface area contributed by atoms with Crippen molar-refractivity contribution in [1.82, 2.24) is 4.98 Å². The Labute approximate surface area is 125 Å². The van der Waals surface area contributed by atoms with Gasteiger partial charge >= 0.3 is 0 Å². The summed E-state index contributed by atoms with van der Waals surface area (Å²) in [5.41, 5.74) is 2.03. The van der Waals surface area contributed by atoms with E-state index < -0.39 is 0 Å². The monoisotopic (exact) mass is 341 g/mol. The fourth-order valence-corrected chi connectivity index (χ4v) is 2.76. The van der Waals surface area contributed by atoms with Gasteiger partial charge in [-0.05, 0) is 19.9 Å². The van der Waals surface area contributed by atoms with Crippen molar-refractivity contribution in [3.8, 4) is 11.5 Å². The molecule has 0 saturated carbocycles. The molecule has 0 aliphatic heterocycles. The zero-order chi connectivity index (χ0) is 13.7. The van der Waals surface area contributed by atoms with Crippen molar-refractivity contribution < 1.29 is 9.47 Å². The van der Waals surface area contributed by atoms with Crippen molar-refractivity contribution in [2.24, 2.45) is 0 Å². The molecule has 1 aromatic heterocycles. The maximum atomic E-state index is 5.90. The maximum Gasteiger partial charge on any atom is 0.165 e. The van der Waals surface area contributed by atoms with Gasteiger partial charge in [0.15, 0.2) is 11.5 Å². The first-order valence-corrected chi connectivity index (χ1v) is 8.09. The standard InChI is InChI=1S/C14H16BrNO2S/c1-3-17-13-6-4-5-11(7-15)14(13)18-8-12-9-19-10(2)16-12/h4-6,9H,3,7-8H2,1-2H3. The summed E-state index contributed by atoms with van der Waals surface area (Å²) in [5, 5.41) is 3.81. The van der Waals surface area contributed by atoms with Crippen LogP contribution in [0.25, 0.3) is 0 Å². The molecule has 1 heterocycles. The van der Waals surface area contributed by atoms with Crippen molar-refractivity contribution in [2.45, 2.75) is 25.8 Å². The van der Waals surface area contributed by atoms with Crippen LogP contribution in [0.5, 0.6) is 11.5 Å². The largest absolute Gasteiger partial charge is 0.490 e. The van der Waals surface area contributed by atoms with Gasteiger partial charge in [0, 0.05) is 16.3 Å². The second kappa shape index (κ2) is 6.91. The number of aryl methyl sites for hydroxylation is 1. The fraction of sp³-hybridized carbons (Fsp3) is 0.357. The molecule has 5 heteroatoms. The van der Waals surface area contributed by atoms with Gasteiger partial charge in [0.05, 0.1) is 17.3 Å². The van der Waals surface area contributed by atoms with Crippen LogP contribution in [-0.4, -0.2) is 11.6 Å². The summed E-state index contributed by atoms with van der Waals surface area (Å²) < 4.78 is 11.5. The van der Waals surface area contributed by atoms with Crippen molar-refractivity contribution in [2.75, 3.05) is 6.61 Å². The van der Waals surface area contributed by atoms with E-state index in [1.807, 2.05) is 37.4 Å². The van der Waals surface area contributed by atoms with E-state index in [4.69, 9.17) is 9.47 Å². The second-order valence-electron chi connectivity index (χ2n) is 3.96. The first kappa shape index (κ1) is 14.3. The third kappa shape index (κ3) is 3.70. The molecule has 0 aliphatic carbocycles. The zero-order valence-electron chi connectivity index (χ0n) is 11.0. The van der Waals surface area contributed by atoms with Crippen LogP contribution in [0.2, 0.25) is 0 Å². The van der Waals surface area contributed by atoms with Gasteiger partial charge in [-0.25, -0.2) is 4.98 Å². The lowest BCUT2D eigenvalue weighted by Gasteiger charge is -2.14. The Bertz CT molecular complexity index is 542. The first-order chi connectivity index (χ1) is 9.24. The Morgan fingerprint density at radius 3 is 2.79 bits per heavy atom.